The first-order chi connectivity index (χ1) is 28.5. The maximum absolute atomic E-state index is 13.3. The van der Waals surface area contributed by atoms with Gasteiger partial charge in [-0.3, -0.25) is 24.5 Å². The molecule has 2 aliphatic rings. The number of hydrogen-bond acceptors (Lipinski definition) is 10. The molecule has 14 heteroatoms. The highest BCUT2D eigenvalue weighted by Crippen LogP contribution is 2.29. The van der Waals surface area contributed by atoms with Gasteiger partial charge in [0, 0.05) is 43.4 Å². The van der Waals surface area contributed by atoms with Crippen molar-refractivity contribution in [3.05, 3.63) is 133 Å². The van der Waals surface area contributed by atoms with Crippen LogP contribution in [0, 0.1) is 0 Å². The number of nitrogens with zero attached hydrogens (tertiary/aromatic N) is 5. The third kappa shape index (κ3) is 12.7. The molecule has 0 bridgehead atoms. The molecule has 306 valence electrons. The predicted octanol–water partition coefficient (Wildman–Crippen LogP) is 6.78. The molecule has 1 unspecified atom stereocenters. The number of carbonyl (C=O) groups excluding carboxylic acids is 3. The van der Waals surface area contributed by atoms with Crippen LogP contribution in [0.15, 0.2) is 121 Å². The van der Waals surface area contributed by atoms with Crippen molar-refractivity contribution >= 4 is 41.1 Å². The van der Waals surface area contributed by atoms with Crippen molar-refractivity contribution in [1.29, 1.82) is 0 Å². The number of hydrogen-bond donors (Lipinski definition) is 4. The van der Waals surface area contributed by atoms with E-state index in [1.807, 2.05) is 89.6 Å². The second-order valence-corrected chi connectivity index (χ2v) is 15.3. The van der Waals surface area contributed by atoms with Gasteiger partial charge in [0.2, 0.25) is 11.8 Å². The maximum Gasteiger partial charge on any atom is 0.408 e. The molecule has 5 aromatic rings. The summed E-state index contributed by atoms with van der Waals surface area (Å²) in [6.07, 6.45) is 15.2. The summed E-state index contributed by atoms with van der Waals surface area (Å²) in [5.74, 6) is -0.586. The van der Waals surface area contributed by atoms with Crippen LogP contribution in [0.3, 0.4) is 0 Å². The lowest BCUT2D eigenvalue weighted by atomic mass is 10.1. The van der Waals surface area contributed by atoms with Crippen LogP contribution in [0.4, 0.5) is 16.2 Å². The van der Waals surface area contributed by atoms with Crippen LogP contribution in [0.2, 0.25) is 0 Å². The lowest BCUT2D eigenvalue weighted by molar-refractivity contribution is -0.118. The zero-order valence-corrected chi connectivity index (χ0v) is 33.6. The molecule has 7 rings (SSSR count). The third-order valence-corrected chi connectivity index (χ3v) is 9.34. The number of rotatable bonds is 12. The van der Waals surface area contributed by atoms with Gasteiger partial charge in [-0.15, -0.1) is 0 Å². The molecule has 3 aromatic heterocycles. The number of nitrogens with one attached hydrogen (secondary N) is 3. The van der Waals surface area contributed by atoms with E-state index in [0.717, 1.165) is 52.8 Å². The number of alkyl carbamates (subject to hydrolysis) is 1. The molecule has 3 atom stereocenters. The monoisotopic (exact) mass is 797 g/mol. The average Bonchev–Trinajstić information content (AvgIpc) is 3.96. The van der Waals surface area contributed by atoms with Gasteiger partial charge in [-0.25, -0.2) is 9.48 Å². The number of allylic oxidation sites excluding steroid dienone is 1. The Bertz CT molecular complexity index is 2230. The van der Waals surface area contributed by atoms with Gasteiger partial charge in [-0.1, -0.05) is 60.7 Å². The number of carbonyl (C=O) groups is 3. The van der Waals surface area contributed by atoms with Gasteiger partial charge in [0.1, 0.15) is 11.6 Å². The Morgan fingerprint density at radius 1 is 0.847 bits per heavy atom. The minimum atomic E-state index is -0.841. The van der Waals surface area contributed by atoms with E-state index in [1.165, 1.54) is 0 Å². The van der Waals surface area contributed by atoms with E-state index in [4.69, 9.17) is 15.2 Å². The summed E-state index contributed by atoms with van der Waals surface area (Å²) >= 11 is 0. The molecule has 5 N–H and O–H groups in total. The highest BCUT2D eigenvalue weighted by atomic mass is 16.6. The first-order valence-corrected chi connectivity index (χ1v) is 19.7. The fraction of sp³-hybridized carbons (Fsp3) is 0.311. The Hall–Kier alpha value is -6.51. The Balaban J connectivity index is 0.000000219. The van der Waals surface area contributed by atoms with Crippen LogP contribution in [-0.2, 0) is 31.9 Å². The Morgan fingerprint density at radius 2 is 1.49 bits per heavy atom. The second-order valence-electron chi connectivity index (χ2n) is 15.3. The van der Waals surface area contributed by atoms with Crippen LogP contribution in [0.1, 0.15) is 63.0 Å². The van der Waals surface area contributed by atoms with E-state index in [9.17, 15) is 14.4 Å². The van der Waals surface area contributed by atoms with Gasteiger partial charge in [0.25, 0.3) is 0 Å². The van der Waals surface area contributed by atoms with E-state index in [0.29, 0.717) is 37.4 Å². The summed E-state index contributed by atoms with van der Waals surface area (Å²) in [6, 6.07) is 23.4. The average molecular weight is 798 g/mol. The van der Waals surface area contributed by atoms with E-state index < -0.39 is 23.8 Å². The standard InChI is InChI=1S/C27H33N5O4.C18H18N4O/c1-27(2,3)36-26(34)31-22(15-19-9-5-4-6-10-19)25(33)30-21-16-20(17-28-18-21)23-12-13-29-32(23)24-11-7-8-14-35-24;19-17(8-13-4-2-1-3-5-13)18(23)22-16-9-15(11-21-12-16)14-6-7-20-10-14/h4-6,9-10,12-13,16-18,22,24H,7-8,11,14-15H2,1-3H3,(H,30,33)(H,31,34);1-7,9,11-12,17H,8,10,19H2,(H,22,23)/t22-,24?;17-/m00/s1. The normalized spacial score (nSPS) is 15.8. The molecule has 1 fully saturated rings. The highest BCUT2D eigenvalue weighted by molar-refractivity contribution is 5.97. The molecule has 0 saturated carbocycles. The Labute approximate surface area is 344 Å². The zero-order chi connectivity index (χ0) is 41.6. The first-order valence-electron chi connectivity index (χ1n) is 19.7. The maximum atomic E-state index is 13.3. The zero-order valence-electron chi connectivity index (χ0n) is 33.6. The molecule has 0 aliphatic carbocycles. The van der Waals surface area contributed by atoms with Gasteiger partial charge in [-0.2, -0.15) is 5.10 Å². The number of benzene rings is 2. The summed E-state index contributed by atoms with van der Waals surface area (Å²) in [5, 5.41) is 12.9. The number of pyridine rings is 2. The number of amides is 3. The lowest BCUT2D eigenvalue weighted by Gasteiger charge is -2.24. The van der Waals surface area contributed by atoms with Gasteiger partial charge in [0.15, 0.2) is 6.23 Å². The van der Waals surface area contributed by atoms with Crippen molar-refractivity contribution in [2.75, 3.05) is 23.8 Å². The highest BCUT2D eigenvalue weighted by Gasteiger charge is 2.26. The van der Waals surface area contributed by atoms with Crippen LogP contribution in [-0.4, -0.2) is 74.7 Å². The van der Waals surface area contributed by atoms with Gasteiger partial charge in [0.05, 0.1) is 42.0 Å². The summed E-state index contributed by atoms with van der Waals surface area (Å²) in [4.78, 5) is 50.6. The fourth-order valence-corrected chi connectivity index (χ4v) is 6.49. The van der Waals surface area contributed by atoms with Crippen molar-refractivity contribution in [2.24, 2.45) is 10.7 Å². The minimum Gasteiger partial charge on any atom is -0.444 e. The van der Waals surface area contributed by atoms with Crippen LogP contribution in [0.5, 0.6) is 0 Å². The van der Waals surface area contributed by atoms with E-state index in [-0.39, 0.29) is 18.0 Å². The van der Waals surface area contributed by atoms with Crippen LogP contribution < -0.4 is 21.7 Å². The summed E-state index contributed by atoms with van der Waals surface area (Å²) < 4.78 is 13.1. The summed E-state index contributed by atoms with van der Waals surface area (Å²) in [7, 11) is 0. The molecule has 0 spiro atoms. The molecule has 2 aromatic carbocycles. The number of nitrogens with two attached hydrogens (primary N) is 1. The Kier molecular flexibility index (Phi) is 14.5. The number of aliphatic imine (C=N–C) groups is 1. The third-order valence-electron chi connectivity index (χ3n) is 9.34. The molecule has 1 saturated heterocycles. The topological polar surface area (TPSA) is 188 Å². The molecule has 2 aliphatic heterocycles. The molecular weight excluding hydrogens is 747 g/mol. The van der Waals surface area contributed by atoms with Crippen molar-refractivity contribution in [2.45, 2.75) is 76.8 Å². The number of ether oxygens (including phenoxy) is 2. The van der Waals surface area contributed by atoms with E-state index in [2.05, 4.69) is 36.0 Å². The predicted molar refractivity (Wildman–Crippen MR) is 229 cm³/mol. The van der Waals surface area contributed by atoms with E-state index in [1.54, 1.807) is 58.0 Å². The van der Waals surface area contributed by atoms with E-state index >= 15 is 0 Å². The molecule has 5 heterocycles. The van der Waals surface area contributed by atoms with Crippen molar-refractivity contribution < 1.29 is 23.9 Å². The van der Waals surface area contributed by atoms with Gasteiger partial charge < -0.3 is 31.2 Å². The minimum absolute atomic E-state index is 0.115. The quantitative estimate of drug-likeness (QED) is 0.106. The number of aromatic nitrogens is 4. The summed E-state index contributed by atoms with van der Waals surface area (Å²) in [5.41, 5.74) is 12.1. The smallest absolute Gasteiger partial charge is 0.408 e. The molecule has 59 heavy (non-hydrogen) atoms. The fourth-order valence-electron chi connectivity index (χ4n) is 6.49. The van der Waals surface area contributed by atoms with Gasteiger partial charge in [-0.05, 0) is 93.0 Å². The van der Waals surface area contributed by atoms with Crippen LogP contribution >= 0.6 is 0 Å². The molecule has 0 radical (unpaired) electrons. The lowest BCUT2D eigenvalue weighted by Crippen LogP contribution is -2.47. The SMILES string of the molecule is CC(C)(C)OC(=O)N[C@@H](Cc1ccccc1)C(=O)Nc1cncc(-c2ccnn2C2CCCCO2)c1.N[C@@H](Cc1ccccc1)C(=O)Nc1cncc(C2=CC=NC2)c1. The molecule has 3 amide bonds. The van der Waals surface area contributed by atoms with Crippen molar-refractivity contribution in [3.8, 4) is 11.3 Å². The largest absolute Gasteiger partial charge is 0.444 e. The van der Waals surface area contributed by atoms with Crippen molar-refractivity contribution in [1.82, 2.24) is 25.1 Å². The Morgan fingerprint density at radius 3 is 2.12 bits per heavy atom. The van der Waals surface area contributed by atoms with Gasteiger partial charge >= 0.3 is 6.09 Å². The number of anilines is 2. The second kappa shape index (κ2) is 20.3. The first kappa shape index (κ1) is 42.1. The van der Waals surface area contributed by atoms with Crippen LogP contribution in [0.25, 0.3) is 16.8 Å². The summed E-state index contributed by atoms with van der Waals surface area (Å²) in [6.45, 7) is 6.69. The molecular formula is C45H51N9O5. The van der Waals surface area contributed by atoms with Crippen molar-refractivity contribution in [3.63, 3.8) is 0 Å². The molecule has 14 nitrogen and oxygen atoms in total.